The van der Waals surface area contributed by atoms with Gasteiger partial charge in [0.25, 0.3) is 0 Å². The first kappa shape index (κ1) is 20.1. The highest BCUT2D eigenvalue weighted by Gasteiger charge is 2.38. The average Bonchev–Trinajstić information content (AvgIpc) is 3.28. The fourth-order valence-corrected chi connectivity index (χ4v) is 4.05. The number of benzene rings is 1. The second-order valence-corrected chi connectivity index (χ2v) is 7.84. The Hall–Kier alpha value is -3.23. The van der Waals surface area contributed by atoms with Crippen molar-refractivity contribution >= 4 is 28.8 Å². The van der Waals surface area contributed by atoms with Crippen molar-refractivity contribution in [3.63, 3.8) is 0 Å². The van der Waals surface area contributed by atoms with Gasteiger partial charge in [0.05, 0.1) is 11.0 Å². The van der Waals surface area contributed by atoms with Crippen LogP contribution in [-0.4, -0.2) is 31.9 Å². The van der Waals surface area contributed by atoms with E-state index in [1.165, 1.54) is 6.92 Å². The Balaban J connectivity index is 1.39. The molecule has 4 rings (SSSR count). The third-order valence-electron chi connectivity index (χ3n) is 5.48. The summed E-state index contributed by atoms with van der Waals surface area (Å²) >= 11 is 0. The van der Waals surface area contributed by atoms with Crippen molar-refractivity contribution in [1.29, 1.82) is 0 Å². The van der Waals surface area contributed by atoms with Gasteiger partial charge in [-0.15, -0.1) is 0 Å². The molecular weight excluding hydrogens is 384 g/mol. The van der Waals surface area contributed by atoms with Crippen molar-refractivity contribution in [2.45, 2.75) is 63.8 Å². The molecule has 3 aromatic rings. The van der Waals surface area contributed by atoms with E-state index >= 15 is 0 Å². The predicted octanol–water partition coefficient (Wildman–Crippen LogP) is 3.20. The van der Waals surface area contributed by atoms with Crippen molar-refractivity contribution in [1.82, 2.24) is 25.4 Å². The lowest BCUT2D eigenvalue weighted by molar-refractivity contribution is -0.121. The molecule has 0 bridgehead atoms. The number of nitrogens with one attached hydrogen (secondary N) is 3. The molecule has 0 atom stereocenters. The molecule has 2 aromatic heterocycles. The van der Waals surface area contributed by atoms with Crippen molar-refractivity contribution in [2.24, 2.45) is 0 Å². The second kappa shape index (κ2) is 8.64. The van der Waals surface area contributed by atoms with E-state index in [9.17, 15) is 9.59 Å². The molecule has 0 radical (unpaired) electrons. The Morgan fingerprint density at radius 3 is 2.63 bits per heavy atom. The van der Waals surface area contributed by atoms with Crippen LogP contribution in [0.4, 0.5) is 5.95 Å². The number of aryl methyl sites for hydroxylation is 1. The Kier molecular flexibility index (Phi) is 5.78. The van der Waals surface area contributed by atoms with Gasteiger partial charge in [0, 0.05) is 19.8 Å². The number of rotatable bonds is 6. The molecule has 0 saturated heterocycles. The molecule has 9 heteroatoms. The molecule has 1 aromatic carbocycles. The first-order valence-electron chi connectivity index (χ1n) is 10.4. The molecule has 0 spiro atoms. The maximum Gasteiger partial charge on any atom is 0.227 e. The van der Waals surface area contributed by atoms with Crippen LogP contribution in [0.3, 0.4) is 0 Å². The Morgan fingerprint density at radius 2 is 1.90 bits per heavy atom. The van der Waals surface area contributed by atoms with E-state index in [0.717, 1.165) is 49.6 Å². The number of nitrogens with zero attached hydrogens (tertiary/aromatic N) is 3. The maximum atomic E-state index is 12.3. The van der Waals surface area contributed by atoms with E-state index in [4.69, 9.17) is 4.52 Å². The highest BCUT2D eigenvalue weighted by molar-refractivity contribution is 5.91. The zero-order valence-electron chi connectivity index (χ0n) is 17.0. The van der Waals surface area contributed by atoms with Crippen LogP contribution in [0.1, 0.15) is 63.6 Å². The van der Waals surface area contributed by atoms with Gasteiger partial charge in [0.1, 0.15) is 5.54 Å². The van der Waals surface area contributed by atoms with Crippen LogP contribution in [0.25, 0.3) is 11.0 Å². The van der Waals surface area contributed by atoms with Crippen LogP contribution in [0, 0.1) is 0 Å². The topological polar surface area (TPSA) is 126 Å². The number of para-hydroxylation sites is 2. The van der Waals surface area contributed by atoms with E-state index in [-0.39, 0.29) is 18.2 Å². The molecule has 1 aliphatic rings. The normalized spacial score (nSPS) is 16.2. The Bertz CT molecular complexity index is 999. The first-order chi connectivity index (χ1) is 14.5. The van der Waals surface area contributed by atoms with Gasteiger partial charge >= 0.3 is 0 Å². The lowest BCUT2D eigenvalue weighted by atomic mass is 9.89. The summed E-state index contributed by atoms with van der Waals surface area (Å²) in [6.45, 7) is 1.51. The number of carbonyl (C=O) groups is 2. The summed E-state index contributed by atoms with van der Waals surface area (Å²) in [5.74, 6) is 1.01. The Morgan fingerprint density at radius 1 is 1.13 bits per heavy atom. The van der Waals surface area contributed by atoms with Crippen molar-refractivity contribution in [2.75, 3.05) is 5.32 Å². The minimum absolute atomic E-state index is 0.103. The number of amides is 2. The van der Waals surface area contributed by atoms with E-state index in [2.05, 4.69) is 30.7 Å². The molecule has 0 unspecified atom stereocenters. The number of aromatic amines is 1. The molecule has 1 aliphatic carbocycles. The minimum Gasteiger partial charge on any atom is -0.343 e. The monoisotopic (exact) mass is 410 g/mol. The summed E-state index contributed by atoms with van der Waals surface area (Å²) in [6.07, 6.45) is 6.35. The standard InChI is InChI=1S/C21H26N6O3/c1-14(28)26-21(12-6-2-3-7-13-21)19-25-18(30-27-19)11-10-17(29)24-20-22-15-8-4-5-9-16(15)23-20/h4-5,8-9H,2-3,6-7,10-13H2,1H3,(H,26,28)(H2,22,23,24,29). The first-order valence-corrected chi connectivity index (χ1v) is 10.4. The number of imidazole rings is 1. The molecule has 158 valence electrons. The van der Waals surface area contributed by atoms with Crippen LogP contribution in [0.2, 0.25) is 0 Å². The number of hydrogen-bond acceptors (Lipinski definition) is 6. The average molecular weight is 410 g/mol. The zero-order chi connectivity index (χ0) is 21.0. The van der Waals surface area contributed by atoms with Gasteiger partial charge in [-0.2, -0.15) is 4.98 Å². The number of carbonyl (C=O) groups excluding carboxylic acids is 2. The van der Waals surface area contributed by atoms with E-state index < -0.39 is 5.54 Å². The summed E-state index contributed by atoms with van der Waals surface area (Å²) in [5, 5.41) is 9.97. The molecule has 2 heterocycles. The number of H-pyrrole nitrogens is 1. The van der Waals surface area contributed by atoms with E-state index in [1.54, 1.807) is 0 Å². The SMILES string of the molecule is CC(=O)NC1(c2noc(CCC(=O)Nc3nc4ccccc4[nH]3)n2)CCCCCC1. The molecule has 3 N–H and O–H groups in total. The third-order valence-corrected chi connectivity index (χ3v) is 5.48. The van der Waals surface area contributed by atoms with E-state index in [0.29, 0.717) is 24.1 Å². The molecule has 30 heavy (non-hydrogen) atoms. The van der Waals surface area contributed by atoms with Gasteiger partial charge in [0.15, 0.2) is 5.82 Å². The van der Waals surface area contributed by atoms with Crippen molar-refractivity contribution < 1.29 is 14.1 Å². The number of anilines is 1. The fraction of sp³-hybridized carbons (Fsp3) is 0.476. The van der Waals surface area contributed by atoms with Gasteiger partial charge < -0.3 is 14.8 Å². The molecule has 0 aliphatic heterocycles. The van der Waals surface area contributed by atoms with Crippen LogP contribution < -0.4 is 10.6 Å². The Labute approximate surface area is 174 Å². The van der Waals surface area contributed by atoms with Crippen LogP contribution in [0.5, 0.6) is 0 Å². The van der Waals surface area contributed by atoms with Gasteiger partial charge in [-0.3, -0.25) is 14.9 Å². The van der Waals surface area contributed by atoms with Crippen molar-refractivity contribution in [3.8, 4) is 0 Å². The summed E-state index contributed by atoms with van der Waals surface area (Å²) < 4.78 is 5.40. The summed E-state index contributed by atoms with van der Waals surface area (Å²) in [5.41, 5.74) is 1.07. The number of aromatic nitrogens is 4. The van der Waals surface area contributed by atoms with Gasteiger partial charge in [-0.05, 0) is 25.0 Å². The third kappa shape index (κ3) is 4.50. The summed E-state index contributed by atoms with van der Waals surface area (Å²) in [7, 11) is 0. The zero-order valence-corrected chi connectivity index (χ0v) is 17.0. The smallest absolute Gasteiger partial charge is 0.227 e. The lowest BCUT2D eigenvalue weighted by Crippen LogP contribution is -2.45. The number of fused-ring (bicyclic) bond motifs is 1. The molecule has 1 fully saturated rings. The van der Waals surface area contributed by atoms with Crippen LogP contribution in [-0.2, 0) is 21.5 Å². The quantitative estimate of drug-likeness (QED) is 0.536. The lowest BCUT2D eigenvalue weighted by Gasteiger charge is -2.30. The van der Waals surface area contributed by atoms with Gasteiger partial charge in [-0.25, -0.2) is 4.98 Å². The number of hydrogen-bond donors (Lipinski definition) is 3. The molecule has 9 nitrogen and oxygen atoms in total. The fourth-order valence-electron chi connectivity index (χ4n) is 4.05. The van der Waals surface area contributed by atoms with Crippen LogP contribution in [0.15, 0.2) is 28.8 Å². The highest BCUT2D eigenvalue weighted by atomic mass is 16.5. The minimum atomic E-state index is -0.583. The molecule has 1 saturated carbocycles. The van der Waals surface area contributed by atoms with Gasteiger partial charge in [-0.1, -0.05) is 43.0 Å². The van der Waals surface area contributed by atoms with Crippen LogP contribution >= 0.6 is 0 Å². The van der Waals surface area contributed by atoms with E-state index in [1.807, 2.05) is 24.3 Å². The summed E-state index contributed by atoms with van der Waals surface area (Å²) in [6, 6.07) is 7.57. The maximum absolute atomic E-state index is 12.3. The molecule has 2 amide bonds. The summed E-state index contributed by atoms with van der Waals surface area (Å²) in [4.78, 5) is 36.0. The largest absolute Gasteiger partial charge is 0.343 e. The molecular formula is C21H26N6O3. The van der Waals surface area contributed by atoms with Gasteiger partial charge in [0.2, 0.25) is 23.7 Å². The van der Waals surface area contributed by atoms with Crippen molar-refractivity contribution in [3.05, 3.63) is 36.0 Å². The predicted molar refractivity (Wildman–Crippen MR) is 111 cm³/mol. The highest BCUT2D eigenvalue weighted by Crippen LogP contribution is 2.34. The second-order valence-electron chi connectivity index (χ2n) is 7.84.